The highest BCUT2D eigenvalue weighted by molar-refractivity contribution is 6.01. The maximum atomic E-state index is 12.7. The van der Waals surface area contributed by atoms with Gasteiger partial charge in [0, 0.05) is 6.20 Å². The van der Waals surface area contributed by atoms with Crippen LogP contribution in [0.2, 0.25) is 0 Å². The van der Waals surface area contributed by atoms with Crippen molar-refractivity contribution in [3.05, 3.63) is 59.7 Å². The Balaban J connectivity index is 1.68. The number of hydrogen-bond donors (Lipinski definition) is 1. The van der Waals surface area contributed by atoms with Crippen LogP contribution in [0.3, 0.4) is 0 Å². The van der Waals surface area contributed by atoms with Gasteiger partial charge in [0.2, 0.25) is 5.95 Å². The largest absolute Gasteiger partial charge is 0.333 e. The lowest BCUT2D eigenvalue weighted by Gasteiger charge is -2.05. The fourth-order valence-corrected chi connectivity index (χ4v) is 2.12. The summed E-state index contributed by atoms with van der Waals surface area (Å²) < 4.78 is 27.3. The van der Waals surface area contributed by atoms with Crippen molar-refractivity contribution < 1.29 is 13.6 Å². The highest BCUT2D eigenvalue weighted by Gasteiger charge is 2.19. The van der Waals surface area contributed by atoms with Crippen molar-refractivity contribution in [3.8, 4) is 0 Å². The molecule has 24 heavy (non-hydrogen) atoms. The summed E-state index contributed by atoms with van der Waals surface area (Å²) in [5.41, 5.74) is 1.92. The van der Waals surface area contributed by atoms with Gasteiger partial charge in [-0.05, 0) is 18.6 Å². The van der Waals surface area contributed by atoms with Crippen LogP contribution >= 0.6 is 0 Å². The second-order valence-electron chi connectivity index (χ2n) is 5.14. The van der Waals surface area contributed by atoms with E-state index in [2.05, 4.69) is 20.5 Å². The fraction of sp³-hybridized carbons (Fsp3) is 0.200. The van der Waals surface area contributed by atoms with Crippen molar-refractivity contribution >= 4 is 11.9 Å². The topological polar surface area (TPSA) is 77.6 Å². The molecule has 0 saturated heterocycles. The van der Waals surface area contributed by atoms with Crippen LogP contribution in [0, 0.1) is 6.92 Å². The molecule has 1 amide bonds. The van der Waals surface area contributed by atoms with Crippen LogP contribution in [0.15, 0.2) is 42.9 Å². The first kappa shape index (κ1) is 15.8. The standard InChI is InChI=1S/C15H14F2N6O/c1-10-2-4-11(5-3-10)8-22-9-18-15(21-22)20-13(24)12-6-7-19-23(12)14(16)17/h2-7,9,14H,8H2,1H3,(H,20,21,24). The molecule has 1 N–H and O–H groups in total. The predicted octanol–water partition coefficient (Wildman–Crippen LogP) is 2.48. The number of rotatable bonds is 5. The third kappa shape index (κ3) is 3.45. The minimum atomic E-state index is -2.90. The SMILES string of the molecule is Cc1ccc(Cn2cnc(NC(=O)c3ccnn3C(F)F)n2)cc1. The molecule has 2 heterocycles. The van der Waals surface area contributed by atoms with E-state index in [1.165, 1.54) is 12.4 Å². The molecule has 0 spiro atoms. The normalized spacial score (nSPS) is 11.0. The summed E-state index contributed by atoms with van der Waals surface area (Å²) in [6, 6.07) is 9.11. The first-order valence-corrected chi connectivity index (χ1v) is 7.11. The molecule has 0 aliphatic rings. The zero-order valence-corrected chi connectivity index (χ0v) is 12.7. The van der Waals surface area contributed by atoms with Gasteiger partial charge in [-0.25, -0.2) is 9.67 Å². The summed E-state index contributed by atoms with van der Waals surface area (Å²) >= 11 is 0. The molecule has 1 aromatic carbocycles. The Morgan fingerprint density at radius 1 is 1.25 bits per heavy atom. The van der Waals surface area contributed by atoms with E-state index in [1.807, 2.05) is 31.2 Å². The average Bonchev–Trinajstić information content (AvgIpc) is 3.19. The van der Waals surface area contributed by atoms with Crippen molar-refractivity contribution in [2.24, 2.45) is 0 Å². The molecule has 0 saturated carbocycles. The molecule has 3 rings (SSSR count). The lowest BCUT2D eigenvalue weighted by Crippen LogP contribution is -2.19. The Bertz CT molecular complexity index is 840. The average molecular weight is 332 g/mol. The van der Waals surface area contributed by atoms with Crippen molar-refractivity contribution in [2.45, 2.75) is 20.0 Å². The Morgan fingerprint density at radius 2 is 2.00 bits per heavy atom. The molecule has 2 aromatic heterocycles. The molecule has 0 unspecified atom stereocenters. The van der Waals surface area contributed by atoms with Crippen LogP contribution in [0.25, 0.3) is 0 Å². The highest BCUT2D eigenvalue weighted by Crippen LogP contribution is 2.13. The number of hydrogen-bond acceptors (Lipinski definition) is 4. The van der Waals surface area contributed by atoms with E-state index in [9.17, 15) is 13.6 Å². The molecule has 0 aliphatic carbocycles. The number of nitrogens with zero attached hydrogens (tertiary/aromatic N) is 5. The highest BCUT2D eigenvalue weighted by atomic mass is 19.3. The van der Waals surface area contributed by atoms with Crippen LogP contribution < -0.4 is 5.32 Å². The minimum Gasteiger partial charge on any atom is -0.288 e. The van der Waals surface area contributed by atoms with Gasteiger partial charge < -0.3 is 0 Å². The lowest BCUT2D eigenvalue weighted by molar-refractivity contribution is 0.0520. The number of halogens is 2. The number of carbonyl (C=O) groups is 1. The minimum absolute atomic E-state index is 0.0362. The zero-order valence-electron chi connectivity index (χ0n) is 12.7. The molecule has 0 fully saturated rings. The predicted molar refractivity (Wildman–Crippen MR) is 81.7 cm³/mol. The number of nitrogens with one attached hydrogen (secondary N) is 1. The van der Waals surface area contributed by atoms with Crippen molar-refractivity contribution in [3.63, 3.8) is 0 Å². The number of aromatic nitrogens is 5. The molecule has 0 radical (unpaired) electrons. The Labute approximate surface area is 135 Å². The first-order valence-electron chi connectivity index (χ1n) is 7.11. The van der Waals surface area contributed by atoms with Crippen molar-refractivity contribution in [2.75, 3.05) is 5.32 Å². The van der Waals surface area contributed by atoms with Gasteiger partial charge >= 0.3 is 6.55 Å². The van der Waals surface area contributed by atoms with E-state index in [0.29, 0.717) is 11.2 Å². The van der Waals surface area contributed by atoms with Crippen LogP contribution in [0.1, 0.15) is 28.2 Å². The molecule has 124 valence electrons. The second kappa shape index (κ2) is 6.57. The maximum Gasteiger partial charge on any atom is 0.333 e. The number of anilines is 1. The summed E-state index contributed by atoms with van der Waals surface area (Å²) in [5, 5.41) is 9.89. The number of carbonyl (C=O) groups excluding carboxylic acids is 1. The quantitative estimate of drug-likeness (QED) is 0.779. The fourth-order valence-electron chi connectivity index (χ4n) is 2.12. The molecule has 7 nitrogen and oxygen atoms in total. The Kier molecular flexibility index (Phi) is 4.32. The summed E-state index contributed by atoms with van der Waals surface area (Å²) in [7, 11) is 0. The van der Waals surface area contributed by atoms with Gasteiger partial charge in [-0.3, -0.25) is 10.1 Å². The van der Waals surface area contributed by atoms with Gasteiger partial charge in [-0.2, -0.15) is 18.6 Å². The number of benzene rings is 1. The summed E-state index contributed by atoms with van der Waals surface area (Å²) in [6.45, 7) is -0.414. The van der Waals surface area contributed by atoms with Gasteiger partial charge in [0.05, 0.1) is 6.54 Å². The third-order valence-corrected chi connectivity index (χ3v) is 3.31. The first-order chi connectivity index (χ1) is 11.5. The smallest absolute Gasteiger partial charge is 0.288 e. The molecular weight excluding hydrogens is 318 g/mol. The van der Waals surface area contributed by atoms with E-state index in [1.54, 1.807) is 4.68 Å². The second-order valence-corrected chi connectivity index (χ2v) is 5.14. The maximum absolute atomic E-state index is 12.7. The van der Waals surface area contributed by atoms with Crippen molar-refractivity contribution in [1.82, 2.24) is 24.5 Å². The third-order valence-electron chi connectivity index (χ3n) is 3.31. The van der Waals surface area contributed by atoms with Gasteiger partial charge in [-0.15, -0.1) is 5.10 Å². The number of aryl methyl sites for hydroxylation is 1. The van der Waals surface area contributed by atoms with E-state index in [0.717, 1.165) is 17.3 Å². The molecule has 0 aliphatic heterocycles. The van der Waals surface area contributed by atoms with Crippen LogP contribution in [0.5, 0.6) is 0 Å². The molecular formula is C15H14F2N6O. The Hall–Kier alpha value is -3.10. The Morgan fingerprint density at radius 3 is 2.71 bits per heavy atom. The van der Waals surface area contributed by atoms with Crippen LogP contribution in [-0.2, 0) is 6.54 Å². The zero-order chi connectivity index (χ0) is 17.1. The van der Waals surface area contributed by atoms with Crippen molar-refractivity contribution in [1.29, 1.82) is 0 Å². The van der Waals surface area contributed by atoms with E-state index >= 15 is 0 Å². The summed E-state index contributed by atoms with van der Waals surface area (Å²) in [5.74, 6) is -0.713. The van der Waals surface area contributed by atoms with Crippen LogP contribution in [-0.4, -0.2) is 30.5 Å². The molecule has 0 bridgehead atoms. The lowest BCUT2D eigenvalue weighted by atomic mass is 10.1. The number of alkyl halides is 2. The van der Waals surface area contributed by atoms with E-state index in [-0.39, 0.29) is 11.6 Å². The van der Waals surface area contributed by atoms with Gasteiger partial charge in [0.15, 0.2) is 0 Å². The monoisotopic (exact) mass is 332 g/mol. The van der Waals surface area contributed by atoms with Gasteiger partial charge in [0.1, 0.15) is 12.0 Å². The van der Waals surface area contributed by atoms with Gasteiger partial charge in [0.25, 0.3) is 5.91 Å². The molecule has 0 atom stereocenters. The van der Waals surface area contributed by atoms with Crippen LogP contribution in [0.4, 0.5) is 14.7 Å². The summed E-state index contributed by atoms with van der Waals surface area (Å²) in [4.78, 5) is 16.0. The van der Waals surface area contributed by atoms with E-state index in [4.69, 9.17) is 0 Å². The van der Waals surface area contributed by atoms with E-state index < -0.39 is 12.5 Å². The molecule has 3 aromatic rings. The number of amides is 1. The van der Waals surface area contributed by atoms with Gasteiger partial charge in [-0.1, -0.05) is 29.8 Å². The molecule has 9 heteroatoms. The summed E-state index contributed by atoms with van der Waals surface area (Å²) in [6.07, 6.45) is 2.59.